The summed E-state index contributed by atoms with van der Waals surface area (Å²) in [6, 6.07) is 11.8. The third-order valence-corrected chi connectivity index (χ3v) is 3.87. The van der Waals surface area contributed by atoms with Crippen LogP contribution in [0.1, 0.15) is 11.1 Å². The molecule has 0 aliphatic rings. The van der Waals surface area contributed by atoms with Gasteiger partial charge in [-0.05, 0) is 11.2 Å². The Labute approximate surface area is 126 Å². The van der Waals surface area contributed by atoms with E-state index in [1.165, 1.54) is 4.57 Å². The first-order chi connectivity index (χ1) is 10.5. The Hall–Kier alpha value is -3.01. The first-order valence-electron chi connectivity index (χ1n) is 6.80. The lowest BCUT2D eigenvalue weighted by Gasteiger charge is -2.08. The van der Waals surface area contributed by atoms with Crippen LogP contribution in [0, 0.1) is 11.3 Å². The number of fused-ring (bicyclic) bond motifs is 1. The average molecular weight is 292 g/mol. The molecule has 2 aromatic heterocycles. The summed E-state index contributed by atoms with van der Waals surface area (Å²) in [5, 5.41) is 9.41. The van der Waals surface area contributed by atoms with E-state index in [1.807, 2.05) is 30.3 Å². The summed E-state index contributed by atoms with van der Waals surface area (Å²) in [4.78, 5) is 26.3. The van der Waals surface area contributed by atoms with E-state index in [0.717, 1.165) is 5.56 Å². The smallest absolute Gasteiger partial charge is 0.328 e. The third-order valence-electron chi connectivity index (χ3n) is 3.87. The van der Waals surface area contributed by atoms with Crippen LogP contribution < -0.4 is 16.8 Å². The van der Waals surface area contributed by atoms with Crippen LogP contribution in [0.15, 0.2) is 39.9 Å². The maximum absolute atomic E-state index is 12.2. The van der Waals surface area contributed by atoms with E-state index in [4.69, 9.17) is 0 Å². The van der Waals surface area contributed by atoms with Gasteiger partial charge in [0, 0.05) is 13.6 Å². The van der Waals surface area contributed by atoms with Crippen molar-refractivity contribution < 1.29 is 0 Å². The molecule has 0 unspecified atom stereocenters. The highest BCUT2D eigenvalue weighted by Crippen LogP contribution is 2.15. The summed E-state index contributed by atoms with van der Waals surface area (Å²) in [5.41, 5.74) is 1.78. The van der Waals surface area contributed by atoms with Crippen LogP contribution in [0.5, 0.6) is 0 Å². The Bertz CT molecular complexity index is 1020. The van der Waals surface area contributed by atoms with Gasteiger partial charge in [-0.25, -0.2) is 4.79 Å². The molecule has 0 amide bonds. The van der Waals surface area contributed by atoms with Gasteiger partial charge in [-0.3, -0.25) is 14.3 Å². The molecule has 0 saturated heterocycles. The van der Waals surface area contributed by atoms with Gasteiger partial charge >= 0.3 is 5.69 Å². The topological polar surface area (TPSA) is 83.6 Å². The largest absolute Gasteiger partial charge is 0.343 e. The van der Waals surface area contributed by atoms with E-state index in [1.54, 1.807) is 19.5 Å². The molecule has 0 atom stereocenters. The fourth-order valence-corrected chi connectivity index (χ4v) is 2.72. The van der Waals surface area contributed by atoms with E-state index in [-0.39, 0.29) is 0 Å². The lowest BCUT2D eigenvalue weighted by atomic mass is 9.99. The quantitative estimate of drug-likeness (QED) is 0.628. The number of rotatable bonds is 2. The van der Waals surface area contributed by atoms with E-state index < -0.39 is 11.2 Å². The first kappa shape index (κ1) is 14.0. The average Bonchev–Trinajstić information content (AvgIpc) is 2.79. The Kier molecular flexibility index (Phi) is 3.22. The van der Waals surface area contributed by atoms with Crippen LogP contribution in [-0.2, 0) is 13.6 Å². The molecule has 1 aromatic carbocycles. The molecular weight excluding hydrogens is 279 g/mol. The monoisotopic (exact) mass is 292 g/mol. The molecule has 7 heteroatoms. The third kappa shape index (κ3) is 1.97. The highest BCUT2D eigenvalue weighted by Gasteiger charge is 2.19. The molecule has 3 rings (SSSR count). The number of aromatic nitrogens is 3. The predicted molar refractivity (Wildman–Crippen MR) is 86.2 cm³/mol. The van der Waals surface area contributed by atoms with Crippen LogP contribution in [0.25, 0.3) is 11.0 Å². The number of benzene rings is 1. The number of nitrogens with one attached hydrogen (secondary N) is 1. The summed E-state index contributed by atoms with van der Waals surface area (Å²) in [5.74, 6) is 0. The second kappa shape index (κ2) is 5.08. The van der Waals surface area contributed by atoms with Crippen molar-refractivity contribution in [3.63, 3.8) is 0 Å². The molecular formula is C15H13BN4O2. The first-order valence-corrected chi connectivity index (χ1v) is 6.80. The van der Waals surface area contributed by atoms with E-state index in [2.05, 4.69) is 11.1 Å². The second-order valence-electron chi connectivity index (χ2n) is 5.16. The molecule has 1 N–H and O–H groups in total. The van der Waals surface area contributed by atoms with Crippen LogP contribution in [-0.4, -0.2) is 22.0 Å². The molecule has 108 valence electrons. The molecule has 0 bridgehead atoms. The van der Waals surface area contributed by atoms with Crippen molar-refractivity contribution in [2.45, 2.75) is 6.54 Å². The van der Waals surface area contributed by atoms with Crippen molar-refractivity contribution in [3.8, 4) is 6.07 Å². The van der Waals surface area contributed by atoms with Crippen LogP contribution >= 0.6 is 0 Å². The van der Waals surface area contributed by atoms with Crippen molar-refractivity contribution in [3.05, 3.63) is 62.3 Å². The fourth-order valence-electron chi connectivity index (χ4n) is 2.72. The van der Waals surface area contributed by atoms with Crippen LogP contribution in [0.2, 0.25) is 0 Å². The minimum atomic E-state index is -0.522. The Morgan fingerprint density at radius 2 is 1.91 bits per heavy atom. The summed E-state index contributed by atoms with van der Waals surface area (Å²) in [7, 11) is 3.33. The maximum atomic E-state index is 12.2. The zero-order valence-electron chi connectivity index (χ0n) is 12.3. The summed E-state index contributed by atoms with van der Waals surface area (Å²) < 4.78 is 3.09. The van der Waals surface area contributed by atoms with Crippen molar-refractivity contribution in [1.82, 2.24) is 14.1 Å². The van der Waals surface area contributed by atoms with Gasteiger partial charge in [0.25, 0.3) is 5.56 Å². The van der Waals surface area contributed by atoms with Crippen molar-refractivity contribution >= 4 is 24.5 Å². The highest BCUT2D eigenvalue weighted by atomic mass is 16.2. The number of hydrogen-bond acceptors (Lipinski definition) is 3. The number of nitrogens with zero attached hydrogens (tertiary/aromatic N) is 3. The van der Waals surface area contributed by atoms with Crippen LogP contribution in [0.4, 0.5) is 0 Å². The lowest BCUT2D eigenvalue weighted by Crippen LogP contribution is -2.29. The molecule has 0 fully saturated rings. The molecule has 0 radical (unpaired) electrons. The fraction of sp³-hybridized carbons (Fsp3) is 0.133. The summed E-state index contributed by atoms with van der Waals surface area (Å²) >= 11 is 0. The van der Waals surface area contributed by atoms with Gasteiger partial charge in [-0.1, -0.05) is 30.3 Å². The van der Waals surface area contributed by atoms with Gasteiger partial charge in [0.05, 0.1) is 11.1 Å². The molecule has 0 spiro atoms. The molecule has 0 aliphatic heterocycles. The Morgan fingerprint density at radius 3 is 2.55 bits per heavy atom. The molecule has 2 heterocycles. The molecule has 22 heavy (non-hydrogen) atoms. The minimum Gasteiger partial charge on any atom is -0.343 e. The number of nitriles is 1. The van der Waals surface area contributed by atoms with E-state index in [9.17, 15) is 14.9 Å². The number of hydrogen-bond donors (Lipinski definition) is 1. The zero-order valence-corrected chi connectivity index (χ0v) is 12.3. The van der Waals surface area contributed by atoms with Gasteiger partial charge in [0.15, 0.2) is 7.85 Å². The molecule has 3 aromatic rings. The highest BCUT2D eigenvalue weighted by molar-refractivity contribution is 6.34. The van der Waals surface area contributed by atoms with Crippen molar-refractivity contribution in [2.75, 3.05) is 0 Å². The van der Waals surface area contributed by atoms with Gasteiger partial charge in [-0.15, -0.1) is 0 Å². The molecule has 6 nitrogen and oxygen atoms in total. The maximum Gasteiger partial charge on any atom is 0.328 e. The van der Waals surface area contributed by atoms with E-state index >= 15 is 0 Å². The Balaban J connectivity index is 2.39. The van der Waals surface area contributed by atoms with Crippen LogP contribution in [0.3, 0.4) is 0 Å². The molecule has 0 saturated carbocycles. The van der Waals surface area contributed by atoms with E-state index in [0.29, 0.717) is 28.7 Å². The van der Waals surface area contributed by atoms with Gasteiger partial charge in [0.2, 0.25) is 0 Å². The number of aromatic amines is 1. The van der Waals surface area contributed by atoms with Gasteiger partial charge < -0.3 is 4.57 Å². The summed E-state index contributed by atoms with van der Waals surface area (Å²) in [6.45, 7) is 0.464. The van der Waals surface area contributed by atoms with Crippen molar-refractivity contribution in [2.24, 2.45) is 7.05 Å². The zero-order chi connectivity index (χ0) is 15.9. The normalized spacial score (nSPS) is 10.7. The van der Waals surface area contributed by atoms with Crippen molar-refractivity contribution in [1.29, 1.82) is 5.26 Å². The van der Waals surface area contributed by atoms with Gasteiger partial charge in [0.1, 0.15) is 11.6 Å². The van der Waals surface area contributed by atoms with Gasteiger partial charge in [-0.2, -0.15) is 5.26 Å². The Morgan fingerprint density at radius 1 is 1.23 bits per heavy atom. The lowest BCUT2D eigenvalue weighted by molar-refractivity contribution is 0.816. The number of aryl methyl sites for hydroxylation is 1. The second-order valence-corrected chi connectivity index (χ2v) is 5.16. The summed E-state index contributed by atoms with van der Waals surface area (Å²) in [6.07, 6.45) is 0. The molecule has 0 aliphatic carbocycles. The number of H-pyrrole nitrogens is 1. The predicted octanol–water partition coefficient (Wildman–Crippen LogP) is -0.793. The minimum absolute atomic E-state index is 0.347. The standard InChI is InChI=1S/C15H13BN4O2/c1-19-11-10(7-17)13(16)20(8-9-5-3-2-4-6-9)12(11)14(21)18-15(19)22/h2-6H,8,16H2,1H3,(H,18,21,22). The SMILES string of the molecule is Bc1c(C#N)c2c(c(=O)[nH]c(=O)n2C)n1Cc1ccccc1.